The number of nitrogens with two attached hydrogens (primary N) is 1. The van der Waals surface area contributed by atoms with Crippen LogP contribution in [0.25, 0.3) is 0 Å². The Morgan fingerprint density at radius 2 is 2.12 bits per heavy atom. The predicted molar refractivity (Wildman–Crippen MR) is 61.1 cm³/mol. The number of carboxylic acid groups (broad SMARTS) is 1. The minimum absolute atomic E-state index is 0.202. The van der Waals surface area contributed by atoms with E-state index < -0.39 is 18.0 Å². The lowest BCUT2D eigenvalue weighted by Gasteiger charge is -2.10. The zero-order valence-corrected chi connectivity index (χ0v) is 10.0. The molecule has 0 amide bonds. The normalized spacial score (nSPS) is 11.9. The molecule has 0 heterocycles. The molecule has 0 aliphatic carbocycles. The number of carboxylic acids is 1. The maximum atomic E-state index is 11.6. The van der Waals surface area contributed by atoms with E-state index in [1.165, 1.54) is 13.0 Å². The molecular weight excluding hydrogens is 278 g/mol. The summed E-state index contributed by atoms with van der Waals surface area (Å²) >= 11 is 3.13. The molecule has 0 aromatic heterocycles. The summed E-state index contributed by atoms with van der Waals surface area (Å²) in [6, 6.07) is 4.70. The fraction of sp³-hybridized carbons (Fsp3) is 0.200. The number of esters is 1. The Labute approximate surface area is 100 Å². The molecule has 1 rings (SSSR count). The molecule has 86 valence electrons. The molecule has 0 aliphatic heterocycles. The summed E-state index contributed by atoms with van der Waals surface area (Å²) in [6.07, 6.45) is -1.19. The maximum absolute atomic E-state index is 11.6. The molecule has 3 N–H and O–H groups in total. The van der Waals surface area contributed by atoms with Crippen molar-refractivity contribution in [2.75, 3.05) is 5.73 Å². The van der Waals surface area contributed by atoms with Crippen LogP contribution in [0, 0.1) is 0 Å². The first-order valence-corrected chi connectivity index (χ1v) is 5.20. The molecule has 6 heteroatoms. The molecule has 0 fully saturated rings. The second-order valence-corrected chi connectivity index (χ2v) is 3.89. The number of anilines is 1. The number of rotatable bonds is 3. The first-order valence-electron chi connectivity index (χ1n) is 4.41. The van der Waals surface area contributed by atoms with E-state index in [9.17, 15) is 9.59 Å². The van der Waals surface area contributed by atoms with Crippen LogP contribution in [-0.4, -0.2) is 23.1 Å². The van der Waals surface area contributed by atoms with Crippen LogP contribution in [0.4, 0.5) is 5.69 Å². The lowest BCUT2D eigenvalue weighted by molar-refractivity contribution is -0.146. The fourth-order valence-electron chi connectivity index (χ4n) is 0.982. The van der Waals surface area contributed by atoms with Gasteiger partial charge in [0.1, 0.15) is 0 Å². The molecule has 1 unspecified atom stereocenters. The number of carbonyl (C=O) groups excluding carboxylic acids is 1. The SMILES string of the molecule is CC(OC(=O)c1cccc(N)c1Br)C(=O)O. The van der Waals surface area contributed by atoms with Gasteiger partial charge in [-0.25, -0.2) is 9.59 Å². The van der Waals surface area contributed by atoms with Gasteiger partial charge in [-0.15, -0.1) is 0 Å². The van der Waals surface area contributed by atoms with Gasteiger partial charge in [0.2, 0.25) is 0 Å². The van der Waals surface area contributed by atoms with E-state index in [-0.39, 0.29) is 5.56 Å². The average molecular weight is 288 g/mol. The Morgan fingerprint density at radius 1 is 1.50 bits per heavy atom. The van der Waals surface area contributed by atoms with Crippen LogP contribution in [0.1, 0.15) is 17.3 Å². The van der Waals surface area contributed by atoms with Crippen molar-refractivity contribution in [3.63, 3.8) is 0 Å². The minimum Gasteiger partial charge on any atom is -0.479 e. The Balaban J connectivity index is 2.89. The van der Waals surface area contributed by atoms with Gasteiger partial charge in [0.25, 0.3) is 0 Å². The number of halogens is 1. The van der Waals surface area contributed by atoms with Crippen molar-refractivity contribution in [2.24, 2.45) is 0 Å². The van der Waals surface area contributed by atoms with Gasteiger partial charge in [-0.05, 0) is 35.0 Å². The number of aliphatic carboxylic acids is 1. The van der Waals surface area contributed by atoms with Crippen LogP contribution < -0.4 is 5.73 Å². The minimum atomic E-state index is -1.20. The van der Waals surface area contributed by atoms with E-state index in [0.717, 1.165) is 0 Å². The first-order chi connectivity index (χ1) is 7.43. The van der Waals surface area contributed by atoms with Gasteiger partial charge in [-0.3, -0.25) is 0 Å². The van der Waals surface area contributed by atoms with Gasteiger partial charge in [-0.1, -0.05) is 6.07 Å². The second-order valence-electron chi connectivity index (χ2n) is 3.09. The summed E-state index contributed by atoms with van der Waals surface area (Å²) in [7, 11) is 0. The van der Waals surface area contributed by atoms with Gasteiger partial charge < -0.3 is 15.6 Å². The van der Waals surface area contributed by atoms with Crippen molar-refractivity contribution in [1.29, 1.82) is 0 Å². The summed E-state index contributed by atoms with van der Waals surface area (Å²) in [5, 5.41) is 8.59. The van der Waals surface area contributed by atoms with E-state index in [2.05, 4.69) is 15.9 Å². The van der Waals surface area contributed by atoms with Gasteiger partial charge >= 0.3 is 11.9 Å². The van der Waals surface area contributed by atoms with Gasteiger partial charge in [0.05, 0.1) is 10.0 Å². The third-order valence-corrected chi connectivity index (χ3v) is 2.77. The number of benzene rings is 1. The quantitative estimate of drug-likeness (QED) is 0.652. The number of ether oxygens (including phenoxy) is 1. The van der Waals surface area contributed by atoms with E-state index >= 15 is 0 Å². The van der Waals surface area contributed by atoms with Crippen LogP contribution in [0.2, 0.25) is 0 Å². The van der Waals surface area contributed by atoms with Crippen molar-refractivity contribution < 1.29 is 19.4 Å². The van der Waals surface area contributed by atoms with Gasteiger partial charge in [-0.2, -0.15) is 0 Å². The molecule has 1 aromatic rings. The monoisotopic (exact) mass is 287 g/mol. The molecule has 0 aliphatic rings. The van der Waals surface area contributed by atoms with E-state index in [4.69, 9.17) is 15.6 Å². The highest BCUT2D eigenvalue weighted by Crippen LogP contribution is 2.24. The molecule has 1 atom stereocenters. The highest BCUT2D eigenvalue weighted by atomic mass is 79.9. The predicted octanol–water partition coefficient (Wildman–Crippen LogP) is 1.66. The van der Waals surface area contributed by atoms with E-state index in [1.807, 2.05) is 0 Å². The summed E-state index contributed by atoms with van der Waals surface area (Å²) in [5.41, 5.74) is 6.17. The third-order valence-electron chi connectivity index (χ3n) is 1.88. The van der Waals surface area contributed by atoms with Crippen LogP contribution in [0.3, 0.4) is 0 Å². The van der Waals surface area contributed by atoms with Crippen LogP contribution >= 0.6 is 15.9 Å². The summed E-state index contributed by atoms with van der Waals surface area (Å²) < 4.78 is 5.11. The Kier molecular flexibility index (Phi) is 3.89. The number of nitrogen functional groups attached to an aromatic ring is 1. The summed E-state index contributed by atoms with van der Waals surface area (Å²) in [6.45, 7) is 1.28. The molecule has 5 nitrogen and oxygen atoms in total. The largest absolute Gasteiger partial charge is 0.479 e. The maximum Gasteiger partial charge on any atom is 0.344 e. The van der Waals surface area contributed by atoms with Crippen LogP contribution in [-0.2, 0) is 9.53 Å². The number of carbonyl (C=O) groups is 2. The van der Waals surface area contributed by atoms with Gasteiger partial charge in [0, 0.05) is 5.69 Å². The average Bonchev–Trinajstić information content (AvgIpc) is 2.21. The third kappa shape index (κ3) is 2.73. The Morgan fingerprint density at radius 3 is 2.69 bits per heavy atom. The lowest BCUT2D eigenvalue weighted by atomic mass is 10.2. The standard InChI is InChI=1S/C10H10BrNO4/c1-5(9(13)14)16-10(15)6-3-2-4-7(12)8(6)11/h2-5H,12H2,1H3,(H,13,14). The number of hydrogen-bond donors (Lipinski definition) is 2. The van der Waals surface area contributed by atoms with Crippen molar-refractivity contribution >= 4 is 33.6 Å². The first kappa shape index (κ1) is 12.5. The van der Waals surface area contributed by atoms with Crippen LogP contribution in [0.5, 0.6) is 0 Å². The molecule has 0 saturated heterocycles. The number of hydrogen-bond acceptors (Lipinski definition) is 4. The molecule has 1 aromatic carbocycles. The molecule has 0 bridgehead atoms. The Bertz CT molecular complexity index is 433. The van der Waals surface area contributed by atoms with Crippen molar-refractivity contribution in [3.8, 4) is 0 Å². The van der Waals surface area contributed by atoms with Gasteiger partial charge in [0.15, 0.2) is 6.10 Å². The summed E-state index contributed by atoms with van der Waals surface area (Å²) in [5.74, 6) is -1.93. The lowest BCUT2D eigenvalue weighted by Crippen LogP contribution is -2.23. The highest BCUT2D eigenvalue weighted by Gasteiger charge is 2.19. The molecule has 0 spiro atoms. The van der Waals surface area contributed by atoms with Crippen molar-refractivity contribution in [2.45, 2.75) is 13.0 Å². The fourth-order valence-corrected chi connectivity index (χ4v) is 1.41. The molecule has 0 radical (unpaired) electrons. The highest BCUT2D eigenvalue weighted by molar-refractivity contribution is 9.10. The summed E-state index contributed by atoms with van der Waals surface area (Å²) in [4.78, 5) is 22.1. The second kappa shape index (κ2) is 4.98. The van der Waals surface area contributed by atoms with Crippen LogP contribution in [0.15, 0.2) is 22.7 Å². The molecule has 16 heavy (non-hydrogen) atoms. The molecular formula is C10H10BrNO4. The zero-order valence-electron chi connectivity index (χ0n) is 8.44. The molecule has 0 saturated carbocycles. The topological polar surface area (TPSA) is 89.6 Å². The Hall–Kier alpha value is -1.56. The van der Waals surface area contributed by atoms with E-state index in [1.54, 1.807) is 12.1 Å². The van der Waals surface area contributed by atoms with Crippen molar-refractivity contribution in [1.82, 2.24) is 0 Å². The zero-order chi connectivity index (χ0) is 12.3. The smallest absolute Gasteiger partial charge is 0.344 e. The van der Waals surface area contributed by atoms with E-state index in [0.29, 0.717) is 10.2 Å². The van der Waals surface area contributed by atoms with Crippen molar-refractivity contribution in [3.05, 3.63) is 28.2 Å².